The standard InChI is InChI=1S/C26H26N4O2S/c1-2-32-18-21-15-13-20(14-16-21)17-27-24(31)19-33-26-29-28-25(22-9-5-3-6-10-22)30(26)23-11-7-4-8-12-23/h3-16H,2,17-19H2,1H3,(H,27,31). The maximum absolute atomic E-state index is 12.5. The lowest BCUT2D eigenvalue weighted by molar-refractivity contribution is -0.118. The molecule has 0 aliphatic rings. The van der Waals surface area contributed by atoms with Gasteiger partial charge in [-0.25, -0.2) is 0 Å². The van der Waals surface area contributed by atoms with E-state index in [1.807, 2.05) is 96.4 Å². The van der Waals surface area contributed by atoms with Gasteiger partial charge < -0.3 is 10.1 Å². The van der Waals surface area contributed by atoms with E-state index in [1.165, 1.54) is 11.8 Å². The number of benzene rings is 3. The molecule has 0 radical (unpaired) electrons. The zero-order valence-corrected chi connectivity index (χ0v) is 19.3. The smallest absolute Gasteiger partial charge is 0.230 e. The van der Waals surface area contributed by atoms with Crippen LogP contribution in [0.15, 0.2) is 90.1 Å². The Balaban J connectivity index is 1.41. The molecule has 0 atom stereocenters. The second-order valence-electron chi connectivity index (χ2n) is 7.36. The molecule has 6 nitrogen and oxygen atoms in total. The van der Waals surface area contributed by atoms with E-state index in [9.17, 15) is 4.79 Å². The minimum atomic E-state index is -0.0535. The van der Waals surface area contributed by atoms with Crippen LogP contribution in [0.3, 0.4) is 0 Å². The molecule has 4 aromatic rings. The van der Waals surface area contributed by atoms with Crippen molar-refractivity contribution in [2.75, 3.05) is 12.4 Å². The van der Waals surface area contributed by atoms with Gasteiger partial charge in [0.15, 0.2) is 11.0 Å². The Kier molecular flexibility index (Phi) is 7.90. The maximum Gasteiger partial charge on any atom is 0.230 e. The van der Waals surface area contributed by atoms with Crippen LogP contribution in [0.2, 0.25) is 0 Å². The summed E-state index contributed by atoms with van der Waals surface area (Å²) in [6, 6.07) is 28.0. The Bertz CT molecular complexity index is 1160. The average molecular weight is 459 g/mol. The first-order valence-corrected chi connectivity index (χ1v) is 11.8. The molecule has 1 N–H and O–H groups in total. The lowest BCUT2D eigenvalue weighted by Gasteiger charge is -2.10. The molecule has 3 aromatic carbocycles. The van der Waals surface area contributed by atoms with Crippen molar-refractivity contribution in [3.63, 3.8) is 0 Å². The highest BCUT2D eigenvalue weighted by Crippen LogP contribution is 2.27. The summed E-state index contributed by atoms with van der Waals surface area (Å²) in [5, 5.41) is 12.4. The predicted octanol–water partition coefficient (Wildman–Crippen LogP) is 4.88. The number of aromatic nitrogens is 3. The van der Waals surface area contributed by atoms with Crippen molar-refractivity contribution < 1.29 is 9.53 Å². The first-order chi connectivity index (χ1) is 16.2. The normalized spacial score (nSPS) is 10.8. The number of nitrogens with zero attached hydrogens (tertiary/aromatic N) is 3. The number of hydrogen-bond donors (Lipinski definition) is 1. The van der Waals surface area contributed by atoms with E-state index < -0.39 is 0 Å². The van der Waals surface area contributed by atoms with Gasteiger partial charge in [-0.3, -0.25) is 9.36 Å². The van der Waals surface area contributed by atoms with Gasteiger partial charge in [0.05, 0.1) is 12.4 Å². The number of thioether (sulfide) groups is 1. The molecule has 0 aliphatic heterocycles. The SMILES string of the molecule is CCOCc1ccc(CNC(=O)CSc2nnc(-c3ccccc3)n2-c2ccccc2)cc1. The highest BCUT2D eigenvalue weighted by molar-refractivity contribution is 7.99. The molecule has 7 heteroatoms. The topological polar surface area (TPSA) is 69.0 Å². The molecular weight excluding hydrogens is 432 g/mol. The van der Waals surface area contributed by atoms with Crippen LogP contribution in [0.5, 0.6) is 0 Å². The molecule has 0 spiro atoms. The maximum atomic E-state index is 12.5. The molecular formula is C26H26N4O2S. The van der Waals surface area contributed by atoms with E-state index in [1.54, 1.807) is 0 Å². The molecule has 0 bridgehead atoms. The Labute approximate surface area is 198 Å². The number of ether oxygens (including phenoxy) is 1. The van der Waals surface area contributed by atoms with E-state index in [4.69, 9.17) is 4.74 Å². The van der Waals surface area contributed by atoms with Gasteiger partial charge in [0, 0.05) is 24.4 Å². The van der Waals surface area contributed by atoms with Gasteiger partial charge in [-0.2, -0.15) is 0 Å². The number of amides is 1. The van der Waals surface area contributed by atoms with Crippen molar-refractivity contribution in [3.8, 4) is 17.1 Å². The van der Waals surface area contributed by atoms with Crippen molar-refractivity contribution in [3.05, 3.63) is 96.1 Å². The van der Waals surface area contributed by atoms with Crippen LogP contribution in [0.1, 0.15) is 18.1 Å². The van der Waals surface area contributed by atoms with E-state index in [-0.39, 0.29) is 11.7 Å². The minimum Gasteiger partial charge on any atom is -0.377 e. The summed E-state index contributed by atoms with van der Waals surface area (Å²) in [7, 11) is 0. The molecule has 4 rings (SSSR count). The van der Waals surface area contributed by atoms with Crippen molar-refractivity contribution in [2.45, 2.75) is 25.2 Å². The monoisotopic (exact) mass is 458 g/mol. The molecule has 0 saturated heterocycles. The molecule has 1 aromatic heterocycles. The van der Waals surface area contributed by atoms with Crippen LogP contribution in [0.4, 0.5) is 0 Å². The quantitative estimate of drug-likeness (QED) is 0.343. The van der Waals surface area contributed by atoms with Crippen molar-refractivity contribution in [1.29, 1.82) is 0 Å². The number of nitrogens with one attached hydrogen (secondary N) is 1. The summed E-state index contributed by atoms with van der Waals surface area (Å²) in [6.07, 6.45) is 0. The fourth-order valence-electron chi connectivity index (χ4n) is 3.30. The summed E-state index contributed by atoms with van der Waals surface area (Å²) < 4.78 is 7.41. The number of hydrogen-bond acceptors (Lipinski definition) is 5. The van der Waals surface area contributed by atoms with E-state index in [0.717, 1.165) is 28.2 Å². The van der Waals surface area contributed by atoms with Crippen LogP contribution < -0.4 is 5.32 Å². The minimum absolute atomic E-state index is 0.0535. The van der Waals surface area contributed by atoms with Gasteiger partial charge in [-0.05, 0) is 30.2 Å². The van der Waals surface area contributed by atoms with E-state index >= 15 is 0 Å². The van der Waals surface area contributed by atoms with Gasteiger partial charge >= 0.3 is 0 Å². The zero-order valence-electron chi connectivity index (χ0n) is 18.5. The highest BCUT2D eigenvalue weighted by atomic mass is 32.2. The molecule has 0 aliphatic carbocycles. The Morgan fingerprint density at radius 3 is 2.27 bits per heavy atom. The number of rotatable bonds is 10. The first-order valence-electron chi connectivity index (χ1n) is 10.9. The van der Waals surface area contributed by atoms with Crippen molar-refractivity contribution in [2.24, 2.45) is 0 Å². The Morgan fingerprint density at radius 1 is 0.909 bits per heavy atom. The van der Waals surface area contributed by atoms with Crippen LogP contribution in [-0.4, -0.2) is 33.0 Å². The van der Waals surface area contributed by atoms with Crippen LogP contribution >= 0.6 is 11.8 Å². The van der Waals surface area contributed by atoms with Crippen molar-refractivity contribution >= 4 is 17.7 Å². The van der Waals surface area contributed by atoms with E-state index in [2.05, 4.69) is 15.5 Å². The number of para-hydroxylation sites is 1. The fraction of sp³-hybridized carbons (Fsp3) is 0.192. The van der Waals surface area contributed by atoms with Gasteiger partial charge in [-0.1, -0.05) is 84.6 Å². The molecule has 0 fully saturated rings. The zero-order chi connectivity index (χ0) is 22.9. The van der Waals surface area contributed by atoms with Gasteiger partial charge in [0.2, 0.25) is 5.91 Å². The summed E-state index contributed by atoms with van der Waals surface area (Å²) in [6.45, 7) is 3.76. The molecule has 1 heterocycles. The Hall–Kier alpha value is -3.42. The molecule has 1 amide bonds. The van der Waals surface area contributed by atoms with Gasteiger partial charge in [-0.15, -0.1) is 10.2 Å². The largest absolute Gasteiger partial charge is 0.377 e. The molecule has 33 heavy (non-hydrogen) atoms. The van der Waals surface area contributed by atoms with Gasteiger partial charge in [0.1, 0.15) is 0 Å². The molecule has 168 valence electrons. The van der Waals surface area contributed by atoms with Crippen molar-refractivity contribution in [1.82, 2.24) is 20.1 Å². The average Bonchev–Trinajstić information content (AvgIpc) is 3.30. The lowest BCUT2D eigenvalue weighted by Crippen LogP contribution is -2.24. The highest BCUT2D eigenvalue weighted by Gasteiger charge is 2.17. The summed E-state index contributed by atoms with van der Waals surface area (Å²) in [5.41, 5.74) is 4.10. The van der Waals surface area contributed by atoms with E-state index in [0.29, 0.717) is 24.9 Å². The predicted molar refractivity (Wildman–Crippen MR) is 131 cm³/mol. The third kappa shape index (κ3) is 6.09. The Morgan fingerprint density at radius 2 is 1.58 bits per heavy atom. The fourth-order valence-corrected chi connectivity index (χ4v) is 4.08. The summed E-state index contributed by atoms with van der Waals surface area (Å²) >= 11 is 1.37. The van der Waals surface area contributed by atoms with Crippen LogP contribution in [0.25, 0.3) is 17.1 Å². The van der Waals surface area contributed by atoms with Crippen LogP contribution in [-0.2, 0) is 22.7 Å². The summed E-state index contributed by atoms with van der Waals surface area (Å²) in [5.74, 6) is 0.946. The number of carbonyl (C=O) groups excluding carboxylic acids is 1. The summed E-state index contributed by atoms with van der Waals surface area (Å²) in [4.78, 5) is 12.5. The van der Waals surface area contributed by atoms with Gasteiger partial charge in [0.25, 0.3) is 0 Å². The second-order valence-corrected chi connectivity index (χ2v) is 8.30. The molecule has 0 saturated carbocycles. The third-order valence-corrected chi connectivity index (χ3v) is 5.93. The second kappa shape index (κ2) is 11.4. The number of carbonyl (C=O) groups is 1. The van der Waals surface area contributed by atoms with Crippen LogP contribution in [0, 0.1) is 0 Å². The molecule has 0 unspecified atom stereocenters. The third-order valence-electron chi connectivity index (χ3n) is 5.00. The first kappa shape index (κ1) is 22.8. The lowest BCUT2D eigenvalue weighted by atomic mass is 10.1.